The van der Waals surface area contributed by atoms with Gasteiger partial charge in [0.05, 0.1) is 0 Å². The molecule has 0 saturated heterocycles. The van der Waals surface area contributed by atoms with Crippen LogP contribution in [-0.4, -0.2) is 18.2 Å². The van der Waals surface area contributed by atoms with Crippen LogP contribution in [0.2, 0.25) is 0 Å². The normalized spacial score (nSPS) is 10.9. The molecule has 0 spiro atoms. The smallest absolute Gasteiger partial charge is 0.251 e. The molecule has 3 heteroatoms. The summed E-state index contributed by atoms with van der Waals surface area (Å²) in [6.07, 6.45) is 1.65. The van der Waals surface area contributed by atoms with Crippen LogP contribution < -0.4 is 5.56 Å². The van der Waals surface area contributed by atoms with Gasteiger partial charge in [0.2, 0.25) is 0 Å². The minimum Gasteiger partial charge on any atom is -0.382 e. The number of hydrogen-bond donors (Lipinski definition) is 1. The lowest BCUT2D eigenvalue weighted by Gasteiger charge is -2.03. The highest BCUT2D eigenvalue weighted by molar-refractivity contribution is 5.78. The van der Waals surface area contributed by atoms with Crippen molar-refractivity contribution in [1.82, 2.24) is 4.98 Å². The SMILES string of the molecule is CCOCCCc1cc2ccccc2[nH]c1=O. The molecule has 0 aliphatic carbocycles. The van der Waals surface area contributed by atoms with E-state index < -0.39 is 0 Å². The molecule has 0 bridgehead atoms. The molecule has 0 atom stereocenters. The summed E-state index contributed by atoms with van der Waals surface area (Å²) in [5.41, 5.74) is 1.75. The van der Waals surface area contributed by atoms with Crippen molar-refractivity contribution in [3.8, 4) is 0 Å². The van der Waals surface area contributed by atoms with Crippen molar-refractivity contribution in [2.24, 2.45) is 0 Å². The molecule has 0 aliphatic rings. The number of ether oxygens (including phenoxy) is 1. The molecule has 0 radical (unpaired) electrons. The Morgan fingerprint density at radius 1 is 1.29 bits per heavy atom. The number of nitrogens with one attached hydrogen (secondary N) is 1. The number of para-hydroxylation sites is 1. The van der Waals surface area contributed by atoms with Gasteiger partial charge < -0.3 is 9.72 Å². The molecule has 0 amide bonds. The van der Waals surface area contributed by atoms with Gasteiger partial charge in [0.25, 0.3) is 5.56 Å². The fourth-order valence-electron chi connectivity index (χ4n) is 1.89. The lowest BCUT2D eigenvalue weighted by atomic mass is 10.1. The summed E-state index contributed by atoms with van der Waals surface area (Å²) in [5, 5.41) is 1.08. The van der Waals surface area contributed by atoms with Gasteiger partial charge in [0.1, 0.15) is 0 Å². The highest BCUT2D eigenvalue weighted by atomic mass is 16.5. The molecule has 1 heterocycles. The van der Waals surface area contributed by atoms with Gasteiger partial charge in [0.15, 0.2) is 0 Å². The van der Waals surface area contributed by atoms with Gasteiger partial charge in [-0.1, -0.05) is 18.2 Å². The maximum atomic E-state index is 11.8. The van der Waals surface area contributed by atoms with Crippen molar-refractivity contribution in [3.05, 3.63) is 46.2 Å². The van der Waals surface area contributed by atoms with E-state index in [-0.39, 0.29) is 5.56 Å². The van der Waals surface area contributed by atoms with Crippen molar-refractivity contribution in [1.29, 1.82) is 0 Å². The van der Waals surface area contributed by atoms with Crippen LogP contribution in [0, 0.1) is 0 Å². The Balaban J connectivity index is 2.17. The third-order valence-electron chi connectivity index (χ3n) is 2.77. The number of hydrogen-bond acceptors (Lipinski definition) is 2. The first-order chi connectivity index (χ1) is 8.31. The van der Waals surface area contributed by atoms with Crippen LogP contribution in [0.4, 0.5) is 0 Å². The van der Waals surface area contributed by atoms with Crippen LogP contribution in [0.25, 0.3) is 10.9 Å². The number of H-pyrrole nitrogens is 1. The molecule has 2 aromatic rings. The predicted octanol–water partition coefficient (Wildman–Crippen LogP) is 2.50. The predicted molar refractivity (Wildman–Crippen MR) is 69.4 cm³/mol. The summed E-state index contributed by atoms with van der Waals surface area (Å²) in [4.78, 5) is 14.7. The maximum absolute atomic E-state index is 11.8. The molecule has 0 aliphatic heterocycles. The summed E-state index contributed by atoms with van der Waals surface area (Å²) in [5.74, 6) is 0. The van der Waals surface area contributed by atoms with Crippen LogP contribution in [0.5, 0.6) is 0 Å². The number of fused-ring (bicyclic) bond motifs is 1. The Labute approximate surface area is 100 Å². The zero-order valence-corrected chi connectivity index (χ0v) is 10.0. The Bertz CT molecular complexity index is 545. The van der Waals surface area contributed by atoms with E-state index in [9.17, 15) is 4.79 Å². The van der Waals surface area contributed by atoms with Crippen molar-refractivity contribution in [2.45, 2.75) is 19.8 Å². The summed E-state index contributed by atoms with van der Waals surface area (Å²) in [6.45, 7) is 3.42. The van der Waals surface area contributed by atoms with E-state index in [1.807, 2.05) is 37.3 Å². The molecule has 0 fully saturated rings. The molecule has 1 N–H and O–H groups in total. The van der Waals surface area contributed by atoms with Crippen molar-refractivity contribution < 1.29 is 4.74 Å². The summed E-state index contributed by atoms with van der Waals surface area (Å²) in [7, 11) is 0. The van der Waals surface area contributed by atoms with Gasteiger partial charge in [0, 0.05) is 24.3 Å². The topological polar surface area (TPSA) is 42.1 Å². The van der Waals surface area contributed by atoms with Crippen LogP contribution in [0.15, 0.2) is 35.1 Å². The molecule has 0 saturated carbocycles. The fraction of sp³-hybridized carbons (Fsp3) is 0.357. The molecule has 0 unspecified atom stereocenters. The third kappa shape index (κ3) is 2.94. The average Bonchev–Trinajstić information content (AvgIpc) is 2.35. The van der Waals surface area contributed by atoms with E-state index in [1.165, 1.54) is 0 Å². The van der Waals surface area contributed by atoms with Gasteiger partial charge in [-0.25, -0.2) is 0 Å². The molecule has 17 heavy (non-hydrogen) atoms. The van der Waals surface area contributed by atoms with E-state index in [0.29, 0.717) is 6.61 Å². The number of aromatic amines is 1. The molecule has 90 valence electrons. The minimum absolute atomic E-state index is 0.0141. The van der Waals surface area contributed by atoms with Crippen LogP contribution in [-0.2, 0) is 11.2 Å². The first kappa shape index (κ1) is 11.9. The third-order valence-corrected chi connectivity index (χ3v) is 2.77. The number of benzene rings is 1. The van der Waals surface area contributed by atoms with Crippen LogP contribution >= 0.6 is 0 Å². The highest BCUT2D eigenvalue weighted by Gasteiger charge is 2.02. The zero-order chi connectivity index (χ0) is 12.1. The molecular weight excluding hydrogens is 214 g/mol. The van der Waals surface area contributed by atoms with Crippen molar-refractivity contribution >= 4 is 10.9 Å². The number of aromatic nitrogens is 1. The summed E-state index contributed by atoms with van der Waals surface area (Å²) in [6, 6.07) is 9.80. The second kappa shape index (κ2) is 5.64. The lowest BCUT2D eigenvalue weighted by Crippen LogP contribution is -2.13. The minimum atomic E-state index is 0.0141. The quantitative estimate of drug-likeness (QED) is 0.803. The average molecular weight is 231 g/mol. The number of rotatable bonds is 5. The largest absolute Gasteiger partial charge is 0.382 e. The second-order valence-electron chi connectivity index (χ2n) is 4.01. The van der Waals surface area contributed by atoms with Crippen molar-refractivity contribution in [3.63, 3.8) is 0 Å². The molecule has 1 aromatic carbocycles. The molecule has 2 rings (SSSR count). The maximum Gasteiger partial charge on any atom is 0.251 e. The molecule has 1 aromatic heterocycles. The summed E-state index contributed by atoms with van der Waals surface area (Å²) < 4.78 is 5.27. The van der Waals surface area contributed by atoms with Gasteiger partial charge in [-0.2, -0.15) is 0 Å². The van der Waals surface area contributed by atoms with Crippen LogP contribution in [0.1, 0.15) is 18.9 Å². The van der Waals surface area contributed by atoms with E-state index in [1.54, 1.807) is 0 Å². The Morgan fingerprint density at radius 2 is 2.12 bits per heavy atom. The van der Waals surface area contributed by atoms with E-state index in [4.69, 9.17) is 4.74 Å². The fourth-order valence-corrected chi connectivity index (χ4v) is 1.89. The summed E-state index contributed by atoms with van der Waals surface area (Å²) >= 11 is 0. The Kier molecular flexibility index (Phi) is 3.94. The van der Waals surface area contributed by atoms with Gasteiger partial charge >= 0.3 is 0 Å². The number of pyridine rings is 1. The lowest BCUT2D eigenvalue weighted by molar-refractivity contribution is 0.145. The van der Waals surface area contributed by atoms with Gasteiger partial charge in [-0.3, -0.25) is 4.79 Å². The number of aryl methyl sites for hydroxylation is 1. The van der Waals surface area contributed by atoms with Crippen molar-refractivity contribution in [2.75, 3.05) is 13.2 Å². The standard InChI is InChI=1S/C14H17NO2/c1-2-17-9-5-7-12-10-11-6-3-4-8-13(11)15-14(12)16/h3-4,6,8,10H,2,5,7,9H2,1H3,(H,15,16). The Morgan fingerprint density at radius 3 is 2.94 bits per heavy atom. The van der Waals surface area contributed by atoms with E-state index in [2.05, 4.69) is 4.98 Å². The zero-order valence-electron chi connectivity index (χ0n) is 10.0. The monoisotopic (exact) mass is 231 g/mol. The van der Waals surface area contributed by atoms with Crippen LogP contribution in [0.3, 0.4) is 0 Å². The van der Waals surface area contributed by atoms with E-state index in [0.717, 1.165) is 35.9 Å². The molecular formula is C14H17NO2. The van der Waals surface area contributed by atoms with Gasteiger partial charge in [-0.05, 0) is 37.3 Å². The molecule has 3 nitrogen and oxygen atoms in total. The highest BCUT2D eigenvalue weighted by Crippen LogP contribution is 2.10. The van der Waals surface area contributed by atoms with E-state index >= 15 is 0 Å². The van der Waals surface area contributed by atoms with Gasteiger partial charge in [-0.15, -0.1) is 0 Å². The second-order valence-corrected chi connectivity index (χ2v) is 4.01. The first-order valence-electron chi connectivity index (χ1n) is 6.00. The Hall–Kier alpha value is -1.61. The first-order valence-corrected chi connectivity index (χ1v) is 6.00.